The van der Waals surface area contributed by atoms with Gasteiger partial charge in [-0.25, -0.2) is 8.42 Å². The standard InChI is InChI=1S/C19H27BrN2O5S/c1-3-19(24)22-9-6-14-12-15(20)17(13-16(14)22)28(25,26)11-7-18(23)21-8-5-10-27-4-2/h12-13H,3-11H2,1-2H3,(H,21,23). The smallest absolute Gasteiger partial charge is 0.226 e. The number of hydrogen-bond donors (Lipinski definition) is 1. The Morgan fingerprint density at radius 3 is 2.71 bits per heavy atom. The number of rotatable bonds is 10. The van der Waals surface area contributed by atoms with Gasteiger partial charge in [-0.3, -0.25) is 9.59 Å². The lowest BCUT2D eigenvalue weighted by molar-refractivity contribution is -0.120. The molecule has 0 fully saturated rings. The molecule has 1 aromatic rings. The predicted octanol–water partition coefficient (Wildman–Crippen LogP) is 2.45. The van der Waals surface area contributed by atoms with Crippen molar-refractivity contribution in [1.82, 2.24) is 5.32 Å². The lowest BCUT2D eigenvalue weighted by Crippen LogP contribution is -2.28. The number of nitrogens with one attached hydrogen (secondary N) is 1. The highest BCUT2D eigenvalue weighted by Crippen LogP contribution is 2.36. The van der Waals surface area contributed by atoms with E-state index in [1.165, 1.54) is 0 Å². The fraction of sp³-hybridized carbons (Fsp3) is 0.579. The largest absolute Gasteiger partial charge is 0.382 e. The lowest BCUT2D eigenvalue weighted by Gasteiger charge is -2.18. The monoisotopic (exact) mass is 474 g/mol. The van der Waals surface area contributed by atoms with Crippen molar-refractivity contribution in [3.63, 3.8) is 0 Å². The lowest BCUT2D eigenvalue weighted by atomic mass is 10.2. The molecule has 0 unspecified atom stereocenters. The summed E-state index contributed by atoms with van der Waals surface area (Å²) >= 11 is 3.34. The van der Waals surface area contributed by atoms with Crippen molar-refractivity contribution in [3.8, 4) is 0 Å². The summed E-state index contributed by atoms with van der Waals surface area (Å²) in [5.74, 6) is -0.625. The summed E-state index contributed by atoms with van der Waals surface area (Å²) in [7, 11) is -3.67. The van der Waals surface area contributed by atoms with Gasteiger partial charge in [0.25, 0.3) is 0 Å². The molecule has 9 heteroatoms. The van der Waals surface area contributed by atoms with Gasteiger partial charge in [0, 0.05) is 49.3 Å². The highest BCUT2D eigenvalue weighted by Gasteiger charge is 2.28. The average molecular weight is 475 g/mol. The Balaban J connectivity index is 2.03. The summed E-state index contributed by atoms with van der Waals surface area (Å²) in [6.45, 7) is 5.88. The van der Waals surface area contributed by atoms with E-state index >= 15 is 0 Å². The van der Waals surface area contributed by atoms with E-state index in [1.54, 1.807) is 24.0 Å². The molecule has 0 saturated carbocycles. The van der Waals surface area contributed by atoms with Gasteiger partial charge in [0.15, 0.2) is 9.84 Å². The van der Waals surface area contributed by atoms with Crippen LogP contribution in [-0.4, -0.2) is 52.3 Å². The molecule has 1 aliphatic heterocycles. The van der Waals surface area contributed by atoms with Crippen molar-refractivity contribution in [2.24, 2.45) is 0 Å². The van der Waals surface area contributed by atoms with Crippen LogP contribution in [0.15, 0.2) is 21.5 Å². The summed E-state index contributed by atoms with van der Waals surface area (Å²) in [6, 6.07) is 3.31. The average Bonchev–Trinajstić information content (AvgIpc) is 3.07. The molecule has 1 aromatic carbocycles. The number of fused-ring (bicyclic) bond motifs is 1. The maximum Gasteiger partial charge on any atom is 0.226 e. The summed E-state index contributed by atoms with van der Waals surface area (Å²) < 4.78 is 31.2. The number of benzene rings is 1. The van der Waals surface area contributed by atoms with Crippen LogP contribution in [0.25, 0.3) is 0 Å². The van der Waals surface area contributed by atoms with Crippen molar-refractivity contribution in [2.75, 3.05) is 37.0 Å². The zero-order chi connectivity index (χ0) is 20.7. The Kier molecular flexibility index (Phi) is 8.45. The molecule has 0 saturated heterocycles. The van der Waals surface area contributed by atoms with Crippen LogP contribution in [0.2, 0.25) is 0 Å². The van der Waals surface area contributed by atoms with Crippen molar-refractivity contribution < 1.29 is 22.7 Å². The van der Waals surface area contributed by atoms with Gasteiger partial charge in [0.2, 0.25) is 11.8 Å². The first-order valence-corrected chi connectivity index (χ1v) is 11.9. The normalized spacial score (nSPS) is 13.5. The fourth-order valence-electron chi connectivity index (χ4n) is 3.05. The number of carbonyl (C=O) groups excluding carboxylic acids is 2. The van der Waals surface area contributed by atoms with Gasteiger partial charge in [0.1, 0.15) is 0 Å². The second-order valence-electron chi connectivity index (χ2n) is 6.53. The molecule has 0 aromatic heterocycles. The minimum atomic E-state index is -3.67. The molecule has 7 nitrogen and oxygen atoms in total. The Morgan fingerprint density at radius 1 is 1.29 bits per heavy atom. The SMILES string of the molecule is CCOCCCNC(=O)CCS(=O)(=O)c1cc2c(cc1Br)CCN2C(=O)CC. The van der Waals surface area contributed by atoms with E-state index in [2.05, 4.69) is 21.2 Å². The molecule has 1 N–H and O–H groups in total. The first kappa shape index (κ1) is 22.8. The second kappa shape index (κ2) is 10.4. The third-order valence-corrected chi connectivity index (χ3v) is 7.22. The third kappa shape index (κ3) is 5.78. The molecule has 0 spiro atoms. The minimum absolute atomic E-state index is 0.0316. The van der Waals surface area contributed by atoms with Crippen molar-refractivity contribution >= 4 is 43.3 Å². The quantitative estimate of drug-likeness (QED) is 0.525. The molecule has 156 valence electrons. The number of nitrogens with zero attached hydrogens (tertiary/aromatic N) is 1. The highest BCUT2D eigenvalue weighted by atomic mass is 79.9. The van der Waals surface area contributed by atoms with Gasteiger partial charge in [-0.1, -0.05) is 6.92 Å². The second-order valence-corrected chi connectivity index (χ2v) is 9.46. The van der Waals surface area contributed by atoms with Crippen LogP contribution in [0.4, 0.5) is 5.69 Å². The van der Waals surface area contributed by atoms with Gasteiger partial charge in [-0.05, 0) is 53.4 Å². The van der Waals surface area contributed by atoms with Crippen LogP contribution < -0.4 is 10.2 Å². The number of hydrogen-bond acceptors (Lipinski definition) is 5. The zero-order valence-electron chi connectivity index (χ0n) is 16.3. The Bertz CT molecular complexity index is 826. The van der Waals surface area contributed by atoms with E-state index in [9.17, 15) is 18.0 Å². The molecular formula is C19H27BrN2O5S. The van der Waals surface area contributed by atoms with E-state index in [4.69, 9.17) is 4.74 Å². The molecule has 0 atom stereocenters. The van der Waals surface area contributed by atoms with E-state index in [-0.39, 0.29) is 28.9 Å². The van der Waals surface area contributed by atoms with Crippen LogP contribution in [0, 0.1) is 0 Å². The minimum Gasteiger partial charge on any atom is -0.382 e. The Labute approximate surface area is 174 Å². The molecule has 2 amide bonds. The first-order chi connectivity index (χ1) is 13.3. The number of halogens is 1. The van der Waals surface area contributed by atoms with Crippen LogP contribution >= 0.6 is 15.9 Å². The number of sulfone groups is 1. The number of carbonyl (C=O) groups is 2. The maximum atomic E-state index is 12.8. The molecule has 0 radical (unpaired) electrons. The molecule has 0 aliphatic carbocycles. The van der Waals surface area contributed by atoms with Crippen LogP contribution in [0.1, 0.15) is 38.7 Å². The van der Waals surface area contributed by atoms with Crippen molar-refractivity contribution in [1.29, 1.82) is 0 Å². The number of ether oxygens (including phenoxy) is 1. The molecule has 2 rings (SSSR count). The predicted molar refractivity (Wildman–Crippen MR) is 111 cm³/mol. The molecule has 0 bridgehead atoms. The summed E-state index contributed by atoms with van der Waals surface area (Å²) in [4.78, 5) is 25.8. The van der Waals surface area contributed by atoms with Gasteiger partial charge >= 0.3 is 0 Å². The third-order valence-electron chi connectivity index (χ3n) is 4.56. The topological polar surface area (TPSA) is 92.8 Å². The Morgan fingerprint density at radius 2 is 2.04 bits per heavy atom. The van der Waals surface area contributed by atoms with Crippen LogP contribution in [-0.2, 0) is 30.6 Å². The molecule has 1 aliphatic rings. The zero-order valence-corrected chi connectivity index (χ0v) is 18.7. The van der Waals surface area contributed by atoms with Gasteiger partial charge < -0.3 is 15.0 Å². The number of amides is 2. The fourth-order valence-corrected chi connectivity index (χ4v) is 5.50. The van der Waals surface area contributed by atoms with Crippen LogP contribution in [0.3, 0.4) is 0 Å². The summed E-state index contributed by atoms with van der Waals surface area (Å²) in [5, 5.41) is 2.70. The van der Waals surface area contributed by atoms with E-state index in [0.29, 0.717) is 55.7 Å². The van der Waals surface area contributed by atoms with Crippen molar-refractivity contribution in [2.45, 2.75) is 44.4 Å². The maximum absolute atomic E-state index is 12.8. The first-order valence-electron chi connectivity index (χ1n) is 9.50. The van der Waals surface area contributed by atoms with E-state index < -0.39 is 9.84 Å². The Hall–Kier alpha value is -1.45. The van der Waals surface area contributed by atoms with Crippen LogP contribution in [0.5, 0.6) is 0 Å². The molecule has 1 heterocycles. The van der Waals surface area contributed by atoms with Crippen molar-refractivity contribution in [3.05, 3.63) is 22.2 Å². The van der Waals surface area contributed by atoms with Gasteiger partial charge in [-0.2, -0.15) is 0 Å². The summed E-state index contributed by atoms with van der Waals surface area (Å²) in [6.07, 6.45) is 1.63. The van der Waals surface area contributed by atoms with Gasteiger partial charge in [0.05, 0.1) is 10.6 Å². The molecule has 28 heavy (non-hydrogen) atoms. The van der Waals surface area contributed by atoms with Gasteiger partial charge in [-0.15, -0.1) is 0 Å². The number of anilines is 1. The molecular weight excluding hydrogens is 448 g/mol. The highest BCUT2D eigenvalue weighted by molar-refractivity contribution is 9.10. The summed E-state index contributed by atoms with van der Waals surface area (Å²) in [5.41, 5.74) is 1.59. The van der Waals surface area contributed by atoms with E-state index in [1.807, 2.05) is 6.92 Å². The van der Waals surface area contributed by atoms with E-state index in [0.717, 1.165) is 5.56 Å².